The third-order valence-electron chi connectivity index (χ3n) is 3.87. The van der Waals surface area contributed by atoms with Crippen molar-refractivity contribution in [1.29, 1.82) is 0 Å². The van der Waals surface area contributed by atoms with Crippen LogP contribution >= 0.6 is 11.6 Å². The van der Waals surface area contributed by atoms with Crippen LogP contribution < -0.4 is 11.1 Å². The molecule has 2 atom stereocenters. The first kappa shape index (κ1) is 16.3. The number of hydrogen-bond acceptors (Lipinski definition) is 3. The topological polar surface area (TPSA) is 72.2 Å². The van der Waals surface area contributed by atoms with E-state index in [2.05, 4.69) is 5.32 Å². The summed E-state index contributed by atoms with van der Waals surface area (Å²) in [4.78, 5) is 12.3. The van der Waals surface area contributed by atoms with Crippen molar-refractivity contribution in [2.75, 3.05) is 11.1 Å². The lowest BCUT2D eigenvalue weighted by Crippen LogP contribution is -2.35. The minimum Gasteiger partial charge on any atom is -0.397 e. The van der Waals surface area contributed by atoms with E-state index < -0.39 is 16.0 Å². The molecule has 1 saturated carbocycles. The van der Waals surface area contributed by atoms with Crippen molar-refractivity contribution >= 4 is 39.7 Å². The summed E-state index contributed by atoms with van der Waals surface area (Å²) in [6.45, 7) is 1.71. The van der Waals surface area contributed by atoms with Gasteiger partial charge in [-0.3, -0.25) is 9.00 Å². The molecule has 1 amide bonds. The zero-order valence-corrected chi connectivity index (χ0v) is 13.7. The Morgan fingerprint density at radius 1 is 1.38 bits per heavy atom. The number of benzene rings is 1. The van der Waals surface area contributed by atoms with Crippen molar-refractivity contribution in [2.45, 2.75) is 49.5 Å². The second-order valence-corrected chi connectivity index (χ2v) is 7.92. The van der Waals surface area contributed by atoms with Gasteiger partial charge in [0.05, 0.1) is 11.4 Å². The minimum absolute atomic E-state index is 0.135. The number of nitrogen functional groups attached to an aromatic ring is 1. The van der Waals surface area contributed by atoms with E-state index in [0.29, 0.717) is 16.4 Å². The van der Waals surface area contributed by atoms with Crippen LogP contribution in [0.15, 0.2) is 18.2 Å². The van der Waals surface area contributed by atoms with Crippen LogP contribution in [0.2, 0.25) is 5.02 Å². The highest BCUT2D eigenvalue weighted by atomic mass is 35.5. The Bertz CT molecular complexity index is 544. The third-order valence-corrected chi connectivity index (χ3v) is 6.15. The SMILES string of the molecule is CC(C(=O)Nc1cc(Cl)ccc1N)S(=O)C1CCCCC1. The van der Waals surface area contributed by atoms with Crippen molar-refractivity contribution in [3.05, 3.63) is 23.2 Å². The highest BCUT2D eigenvalue weighted by Crippen LogP contribution is 2.26. The lowest BCUT2D eigenvalue weighted by atomic mass is 10.0. The number of carbonyl (C=O) groups excluding carboxylic acids is 1. The molecule has 116 valence electrons. The Hall–Kier alpha value is -1.07. The van der Waals surface area contributed by atoms with Crippen LogP contribution in [0, 0.1) is 0 Å². The molecule has 1 fully saturated rings. The Morgan fingerprint density at radius 2 is 2.05 bits per heavy atom. The zero-order chi connectivity index (χ0) is 15.4. The van der Waals surface area contributed by atoms with Gasteiger partial charge >= 0.3 is 0 Å². The van der Waals surface area contributed by atoms with Crippen molar-refractivity contribution in [1.82, 2.24) is 0 Å². The molecule has 1 aromatic carbocycles. The summed E-state index contributed by atoms with van der Waals surface area (Å²) < 4.78 is 12.5. The monoisotopic (exact) mass is 328 g/mol. The third kappa shape index (κ3) is 4.20. The fourth-order valence-electron chi connectivity index (χ4n) is 2.56. The van der Waals surface area contributed by atoms with Crippen molar-refractivity contribution in [3.8, 4) is 0 Å². The number of halogens is 1. The Balaban J connectivity index is 2.01. The van der Waals surface area contributed by atoms with Gasteiger partial charge in [0.2, 0.25) is 5.91 Å². The molecule has 0 radical (unpaired) electrons. The standard InChI is InChI=1S/C15H21ClN2O2S/c1-10(21(20)12-5-3-2-4-6-12)15(19)18-14-9-11(16)7-8-13(14)17/h7-10,12H,2-6,17H2,1H3,(H,18,19). The first-order valence-corrected chi connectivity index (χ1v) is 8.89. The molecule has 0 bridgehead atoms. The van der Waals surface area contributed by atoms with E-state index in [1.54, 1.807) is 25.1 Å². The molecule has 2 rings (SSSR count). The molecule has 0 heterocycles. The number of nitrogens with two attached hydrogens (primary N) is 1. The molecule has 21 heavy (non-hydrogen) atoms. The Labute approximate surface area is 132 Å². The Kier molecular flexibility index (Phi) is 5.65. The molecule has 0 aromatic heterocycles. The van der Waals surface area contributed by atoms with E-state index in [-0.39, 0.29) is 11.2 Å². The molecule has 3 N–H and O–H groups in total. The van der Waals surface area contributed by atoms with Gasteiger partial charge in [-0.15, -0.1) is 0 Å². The van der Waals surface area contributed by atoms with Gasteiger partial charge in [0.15, 0.2) is 0 Å². The van der Waals surface area contributed by atoms with Crippen LogP contribution in [-0.4, -0.2) is 20.6 Å². The summed E-state index contributed by atoms with van der Waals surface area (Å²) >= 11 is 5.90. The summed E-state index contributed by atoms with van der Waals surface area (Å²) in [6.07, 6.45) is 5.30. The van der Waals surface area contributed by atoms with E-state index >= 15 is 0 Å². The van der Waals surface area contributed by atoms with Crippen LogP contribution in [0.25, 0.3) is 0 Å². The summed E-state index contributed by atoms with van der Waals surface area (Å²) in [7, 11) is -1.15. The first-order valence-electron chi connectivity index (χ1n) is 7.24. The highest BCUT2D eigenvalue weighted by molar-refractivity contribution is 7.87. The van der Waals surface area contributed by atoms with Crippen molar-refractivity contribution < 1.29 is 9.00 Å². The van der Waals surface area contributed by atoms with Gasteiger partial charge in [0.25, 0.3) is 0 Å². The van der Waals surface area contributed by atoms with E-state index in [1.807, 2.05) is 0 Å². The fraction of sp³-hybridized carbons (Fsp3) is 0.533. The Morgan fingerprint density at radius 3 is 2.71 bits per heavy atom. The van der Waals surface area contributed by atoms with Gasteiger partial charge in [0, 0.05) is 21.1 Å². The molecule has 4 nitrogen and oxygen atoms in total. The van der Waals surface area contributed by atoms with Crippen LogP contribution in [0.3, 0.4) is 0 Å². The van der Waals surface area contributed by atoms with Crippen LogP contribution in [-0.2, 0) is 15.6 Å². The number of anilines is 2. The fourth-order valence-corrected chi connectivity index (χ4v) is 4.38. The number of amides is 1. The van der Waals surface area contributed by atoms with E-state index in [0.717, 1.165) is 25.7 Å². The molecular formula is C15H21ClN2O2S. The molecule has 0 saturated heterocycles. The van der Waals surface area contributed by atoms with Crippen molar-refractivity contribution in [3.63, 3.8) is 0 Å². The van der Waals surface area contributed by atoms with Crippen LogP contribution in [0.1, 0.15) is 39.0 Å². The van der Waals surface area contributed by atoms with E-state index in [4.69, 9.17) is 17.3 Å². The normalized spacial score (nSPS) is 19.0. The predicted octanol–water partition coefficient (Wildman–Crippen LogP) is 3.33. The first-order chi connectivity index (χ1) is 9.99. The van der Waals surface area contributed by atoms with Crippen LogP contribution in [0.4, 0.5) is 11.4 Å². The average molecular weight is 329 g/mol. The number of hydrogen-bond donors (Lipinski definition) is 2. The summed E-state index contributed by atoms with van der Waals surface area (Å²) in [5, 5.41) is 2.82. The van der Waals surface area contributed by atoms with E-state index in [1.165, 1.54) is 6.42 Å². The predicted molar refractivity (Wildman–Crippen MR) is 89.0 cm³/mol. The van der Waals surface area contributed by atoms with Gasteiger partial charge in [-0.1, -0.05) is 30.9 Å². The zero-order valence-electron chi connectivity index (χ0n) is 12.1. The maximum absolute atomic E-state index is 12.5. The maximum Gasteiger partial charge on any atom is 0.239 e. The van der Waals surface area contributed by atoms with Gasteiger partial charge in [0.1, 0.15) is 5.25 Å². The van der Waals surface area contributed by atoms with Gasteiger partial charge in [-0.25, -0.2) is 0 Å². The average Bonchev–Trinajstić information content (AvgIpc) is 2.50. The molecule has 1 aliphatic rings. The number of nitrogens with one attached hydrogen (secondary N) is 1. The highest BCUT2D eigenvalue weighted by Gasteiger charge is 2.28. The van der Waals surface area contributed by atoms with Crippen LogP contribution in [0.5, 0.6) is 0 Å². The lowest BCUT2D eigenvalue weighted by molar-refractivity contribution is -0.115. The van der Waals surface area contributed by atoms with E-state index in [9.17, 15) is 9.00 Å². The van der Waals surface area contributed by atoms with Crippen molar-refractivity contribution in [2.24, 2.45) is 0 Å². The molecule has 0 aliphatic heterocycles. The molecular weight excluding hydrogens is 308 g/mol. The number of carbonyl (C=O) groups is 1. The summed E-state index contributed by atoms with van der Waals surface area (Å²) in [6, 6.07) is 4.90. The molecule has 1 aromatic rings. The van der Waals surface area contributed by atoms with Gasteiger partial charge < -0.3 is 11.1 Å². The lowest BCUT2D eigenvalue weighted by Gasteiger charge is -2.24. The number of rotatable bonds is 4. The summed E-state index contributed by atoms with van der Waals surface area (Å²) in [5.74, 6) is -0.270. The second kappa shape index (κ2) is 7.27. The second-order valence-electron chi connectivity index (χ2n) is 5.45. The summed E-state index contributed by atoms with van der Waals surface area (Å²) in [5.41, 5.74) is 6.73. The molecule has 6 heteroatoms. The quantitative estimate of drug-likeness (QED) is 0.833. The minimum atomic E-state index is -1.15. The molecule has 0 spiro atoms. The molecule has 1 aliphatic carbocycles. The smallest absolute Gasteiger partial charge is 0.239 e. The molecule has 2 unspecified atom stereocenters. The largest absolute Gasteiger partial charge is 0.397 e. The van der Waals surface area contributed by atoms with Gasteiger partial charge in [-0.05, 0) is 38.0 Å². The maximum atomic E-state index is 12.5. The van der Waals surface area contributed by atoms with Gasteiger partial charge in [-0.2, -0.15) is 0 Å².